The van der Waals surface area contributed by atoms with Gasteiger partial charge in [-0.2, -0.15) is 4.31 Å². The van der Waals surface area contributed by atoms with Gasteiger partial charge in [-0.3, -0.25) is 4.79 Å². The number of halogens is 3. The van der Waals surface area contributed by atoms with E-state index in [-0.39, 0.29) is 30.9 Å². The Morgan fingerprint density at radius 1 is 0.971 bits per heavy atom. The Kier molecular flexibility index (Phi) is 7.13. The zero-order chi connectivity index (χ0) is 25.2. The summed E-state index contributed by atoms with van der Waals surface area (Å²) in [6.07, 6.45) is 0.576. The number of carboxylic acids is 1. The highest BCUT2D eigenvalue weighted by Crippen LogP contribution is 2.28. The quantitative estimate of drug-likeness (QED) is 0.470. The summed E-state index contributed by atoms with van der Waals surface area (Å²) >= 11 is 0. The smallest absolute Gasteiger partial charge is 0.322 e. The molecular formula is C25H22F3NO5S. The van der Waals surface area contributed by atoms with Crippen LogP contribution < -0.4 is 4.74 Å². The van der Waals surface area contributed by atoms with E-state index < -0.39 is 39.5 Å². The highest BCUT2D eigenvalue weighted by molar-refractivity contribution is 7.89. The van der Waals surface area contributed by atoms with Crippen molar-refractivity contribution in [3.8, 4) is 16.9 Å². The monoisotopic (exact) mass is 505 g/mol. The van der Waals surface area contributed by atoms with E-state index in [1.54, 1.807) is 36.4 Å². The SMILES string of the molecule is O=C(O)[C@@H]1CCCS(=O)(=O)N1Cc1cccc(COc2ccc(-c3cc(F)c(F)cc3F)cc2)c1. The van der Waals surface area contributed by atoms with Gasteiger partial charge in [0.1, 0.15) is 24.2 Å². The van der Waals surface area contributed by atoms with E-state index in [1.165, 1.54) is 12.1 Å². The third-order valence-electron chi connectivity index (χ3n) is 5.78. The normalized spacial score (nSPS) is 17.7. The van der Waals surface area contributed by atoms with Gasteiger partial charge in [0.05, 0.1) is 5.75 Å². The average molecular weight is 506 g/mol. The van der Waals surface area contributed by atoms with Crippen molar-refractivity contribution < 1.29 is 36.2 Å². The second-order valence-corrected chi connectivity index (χ2v) is 10.3. The van der Waals surface area contributed by atoms with E-state index >= 15 is 0 Å². The molecule has 10 heteroatoms. The maximum absolute atomic E-state index is 14.0. The maximum Gasteiger partial charge on any atom is 0.322 e. The van der Waals surface area contributed by atoms with Crippen LogP contribution in [0.15, 0.2) is 60.7 Å². The van der Waals surface area contributed by atoms with E-state index in [9.17, 15) is 31.5 Å². The number of sulfonamides is 1. The predicted octanol–water partition coefficient (Wildman–Crippen LogP) is 4.73. The Hall–Kier alpha value is -3.37. The first kappa shape index (κ1) is 24.7. The Balaban J connectivity index is 1.44. The summed E-state index contributed by atoms with van der Waals surface area (Å²) in [5, 5.41) is 9.43. The molecule has 3 aromatic rings. The third-order valence-corrected chi connectivity index (χ3v) is 7.68. The van der Waals surface area contributed by atoms with Crippen molar-refractivity contribution in [2.24, 2.45) is 0 Å². The summed E-state index contributed by atoms with van der Waals surface area (Å²) in [6.45, 7) is 0.0868. The first-order valence-corrected chi connectivity index (χ1v) is 12.4. The first-order valence-electron chi connectivity index (χ1n) is 10.8. The Morgan fingerprint density at radius 3 is 2.37 bits per heavy atom. The van der Waals surface area contributed by atoms with Crippen molar-refractivity contribution >= 4 is 16.0 Å². The summed E-state index contributed by atoms with van der Waals surface area (Å²) < 4.78 is 72.3. The molecule has 0 amide bonds. The summed E-state index contributed by atoms with van der Waals surface area (Å²) in [5.74, 6) is -4.08. The minimum absolute atomic E-state index is 0.0539. The molecule has 0 unspecified atom stereocenters. The molecule has 1 atom stereocenters. The molecule has 0 bridgehead atoms. The molecule has 1 heterocycles. The lowest BCUT2D eigenvalue weighted by atomic mass is 10.0. The number of carboxylic acid groups (broad SMARTS) is 1. The van der Waals surface area contributed by atoms with E-state index in [0.717, 1.165) is 15.9 Å². The first-order chi connectivity index (χ1) is 16.6. The van der Waals surface area contributed by atoms with Crippen molar-refractivity contribution in [3.63, 3.8) is 0 Å². The standard InChI is InChI=1S/C25H22F3NO5S/c26-21-13-23(28)22(27)12-20(21)18-6-8-19(9-7-18)34-15-17-4-1-3-16(11-17)14-29-24(25(30)31)5-2-10-35(29,32)33/h1,3-4,6-9,11-13,24H,2,5,10,14-15H2,(H,30,31)/t24-/m0/s1. The van der Waals surface area contributed by atoms with Gasteiger partial charge in [0, 0.05) is 18.2 Å². The number of ether oxygens (including phenoxy) is 1. The van der Waals surface area contributed by atoms with Gasteiger partial charge in [-0.1, -0.05) is 36.4 Å². The number of aliphatic carboxylic acids is 1. The number of hydrogen-bond donors (Lipinski definition) is 1. The lowest BCUT2D eigenvalue weighted by molar-refractivity contribution is -0.142. The molecule has 6 nitrogen and oxygen atoms in total. The largest absolute Gasteiger partial charge is 0.489 e. The molecular weight excluding hydrogens is 483 g/mol. The molecule has 1 aliphatic rings. The van der Waals surface area contributed by atoms with Gasteiger partial charge in [0.2, 0.25) is 10.0 Å². The van der Waals surface area contributed by atoms with Crippen LogP contribution in [-0.2, 0) is 28.0 Å². The molecule has 0 aromatic heterocycles. The lowest BCUT2D eigenvalue weighted by Crippen LogP contribution is -2.48. The fourth-order valence-corrected chi connectivity index (χ4v) is 5.70. The topological polar surface area (TPSA) is 83.9 Å². The lowest BCUT2D eigenvalue weighted by Gasteiger charge is -2.32. The summed E-state index contributed by atoms with van der Waals surface area (Å²) in [6, 6.07) is 13.4. The summed E-state index contributed by atoms with van der Waals surface area (Å²) in [5.41, 5.74) is 1.65. The molecule has 0 spiro atoms. The molecule has 1 fully saturated rings. The Morgan fingerprint density at radius 2 is 1.66 bits per heavy atom. The summed E-state index contributed by atoms with van der Waals surface area (Å²) in [4.78, 5) is 11.6. The number of hydrogen-bond acceptors (Lipinski definition) is 4. The molecule has 3 aromatic carbocycles. The van der Waals surface area contributed by atoms with Crippen molar-refractivity contribution in [1.29, 1.82) is 0 Å². The minimum Gasteiger partial charge on any atom is -0.489 e. The van der Waals surface area contributed by atoms with Crippen LogP contribution in [0.5, 0.6) is 5.75 Å². The van der Waals surface area contributed by atoms with Gasteiger partial charge in [0.25, 0.3) is 0 Å². The average Bonchev–Trinajstić information content (AvgIpc) is 2.82. The molecule has 1 aliphatic heterocycles. The number of benzene rings is 3. The van der Waals surface area contributed by atoms with Gasteiger partial charge in [-0.25, -0.2) is 21.6 Å². The number of carbonyl (C=O) groups is 1. The zero-order valence-electron chi connectivity index (χ0n) is 18.5. The van der Waals surface area contributed by atoms with E-state index in [2.05, 4.69) is 0 Å². The molecule has 184 valence electrons. The van der Waals surface area contributed by atoms with Crippen molar-refractivity contribution in [2.75, 3.05) is 5.75 Å². The predicted molar refractivity (Wildman–Crippen MR) is 123 cm³/mol. The second kappa shape index (κ2) is 10.1. The summed E-state index contributed by atoms with van der Waals surface area (Å²) in [7, 11) is -3.67. The van der Waals surface area contributed by atoms with Crippen LogP contribution in [0.25, 0.3) is 11.1 Å². The van der Waals surface area contributed by atoms with Crippen molar-refractivity contribution in [1.82, 2.24) is 4.31 Å². The van der Waals surface area contributed by atoms with Gasteiger partial charge in [-0.15, -0.1) is 0 Å². The van der Waals surface area contributed by atoms with E-state index in [0.29, 0.717) is 29.4 Å². The molecule has 0 aliphatic carbocycles. The van der Waals surface area contributed by atoms with Crippen molar-refractivity contribution in [2.45, 2.75) is 32.0 Å². The second-order valence-electron chi connectivity index (χ2n) is 8.24. The van der Waals surface area contributed by atoms with Crippen LogP contribution in [-0.4, -0.2) is 35.6 Å². The molecule has 0 saturated carbocycles. The molecule has 1 saturated heterocycles. The fourth-order valence-electron chi connectivity index (χ4n) is 4.01. The third kappa shape index (κ3) is 5.66. The molecule has 4 rings (SSSR count). The van der Waals surface area contributed by atoms with Crippen LogP contribution in [0.1, 0.15) is 24.0 Å². The maximum atomic E-state index is 14.0. The highest BCUT2D eigenvalue weighted by atomic mass is 32.2. The Labute approximate surface area is 200 Å². The van der Waals surface area contributed by atoms with Crippen molar-refractivity contribution in [3.05, 3.63) is 89.2 Å². The van der Waals surface area contributed by atoms with E-state index in [4.69, 9.17) is 4.74 Å². The van der Waals surface area contributed by atoms with Crippen LogP contribution in [0.4, 0.5) is 13.2 Å². The molecule has 0 radical (unpaired) electrons. The molecule has 1 N–H and O–H groups in total. The van der Waals surface area contributed by atoms with Gasteiger partial charge >= 0.3 is 5.97 Å². The van der Waals surface area contributed by atoms with E-state index in [1.807, 2.05) is 0 Å². The highest BCUT2D eigenvalue weighted by Gasteiger charge is 2.38. The van der Waals surface area contributed by atoms with Crippen LogP contribution in [0, 0.1) is 17.5 Å². The number of rotatable bonds is 7. The minimum atomic E-state index is -3.67. The molecule has 35 heavy (non-hydrogen) atoms. The van der Waals surface area contributed by atoms with Crippen LogP contribution >= 0.6 is 0 Å². The Bertz CT molecular complexity index is 1350. The number of nitrogens with zero attached hydrogens (tertiary/aromatic N) is 1. The zero-order valence-corrected chi connectivity index (χ0v) is 19.3. The van der Waals surface area contributed by atoms with Crippen LogP contribution in [0.3, 0.4) is 0 Å². The van der Waals surface area contributed by atoms with Gasteiger partial charge in [0.15, 0.2) is 11.6 Å². The van der Waals surface area contributed by atoms with Gasteiger partial charge in [-0.05, 0) is 47.7 Å². The van der Waals surface area contributed by atoms with Crippen LogP contribution in [0.2, 0.25) is 0 Å². The fraction of sp³-hybridized carbons (Fsp3) is 0.240. The van der Waals surface area contributed by atoms with Gasteiger partial charge < -0.3 is 9.84 Å².